The summed E-state index contributed by atoms with van der Waals surface area (Å²) in [5.74, 6) is 1.34. The number of likely N-dealkylation sites (tertiary alicyclic amines) is 1. The van der Waals surface area contributed by atoms with Crippen LogP contribution >= 0.6 is 11.6 Å². The molecule has 0 radical (unpaired) electrons. The molecule has 2 aliphatic rings. The van der Waals surface area contributed by atoms with Gasteiger partial charge in [-0.25, -0.2) is 0 Å². The number of anilines is 1. The van der Waals surface area contributed by atoms with E-state index in [0.717, 1.165) is 54.7 Å². The number of piperidine rings is 1. The Morgan fingerprint density at radius 3 is 2.30 bits per heavy atom. The number of benzene rings is 3. The first-order valence-corrected chi connectivity index (χ1v) is 14.6. The lowest BCUT2D eigenvalue weighted by atomic mass is 9.86. The van der Waals surface area contributed by atoms with Gasteiger partial charge in [0.25, 0.3) is 0 Å². The molecule has 1 N–H and O–H groups in total. The van der Waals surface area contributed by atoms with Crippen LogP contribution in [0.3, 0.4) is 0 Å². The number of carbonyl (C=O) groups excluding carboxylic acids is 1. The zero-order valence-electron chi connectivity index (χ0n) is 23.8. The Balaban J connectivity index is 1.54. The number of aliphatic hydroxyl groups is 1. The van der Waals surface area contributed by atoms with Crippen LogP contribution in [0.1, 0.15) is 74.4 Å². The highest BCUT2D eigenvalue weighted by Gasteiger charge is 2.36. The van der Waals surface area contributed by atoms with Gasteiger partial charge in [0, 0.05) is 29.8 Å². The lowest BCUT2D eigenvalue weighted by Crippen LogP contribution is -2.41. The van der Waals surface area contributed by atoms with E-state index in [4.69, 9.17) is 21.1 Å². The maximum Gasteiger partial charge on any atom is 0.232 e. The first kappa shape index (κ1) is 28.5. The van der Waals surface area contributed by atoms with Crippen LogP contribution < -0.4 is 14.4 Å². The van der Waals surface area contributed by atoms with E-state index in [9.17, 15) is 9.90 Å². The van der Waals surface area contributed by atoms with Crippen LogP contribution in [-0.4, -0.2) is 48.3 Å². The lowest BCUT2D eigenvalue weighted by Gasteiger charge is -2.38. The van der Waals surface area contributed by atoms with E-state index in [1.807, 2.05) is 48.2 Å². The van der Waals surface area contributed by atoms with Crippen molar-refractivity contribution in [3.05, 3.63) is 87.9 Å². The van der Waals surface area contributed by atoms with Crippen molar-refractivity contribution in [2.75, 3.05) is 25.1 Å². The van der Waals surface area contributed by atoms with Crippen LogP contribution in [0.25, 0.3) is 0 Å². The Bertz CT molecular complexity index is 1320. The Kier molecular flexibility index (Phi) is 8.69. The van der Waals surface area contributed by atoms with Crippen molar-refractivity contribution in [3.8, 4) is 11.5 Å². The second-order valence-electron chi connectivity index (χ2n) is 11.0. The molecular formula is C33H39ClN2O4. The first-order chi connectivity index (χ1) is 19.3. The molecule has 1 saturated heterocycles. The highest BCUT2D eigenvalue weighted by molar-refractivity contribution is 6.30. The average Bonchev–Trinajstić information content (AvgIpc) is 2.97. The van der Waals surface area contributed by atoms with Crippen molar-refractivity contribution in [2.45, 2.75) is 70.7 Å². The summed E-state index contributed by atoms with van der Waals surface area (Å²) >= 11 is 6.26. The molecule has 5 rings (SSSR count). The monoisotopic (exact) mass is 562 g/mol. The summed E-state index contributed by atoms with van der Waals surface area (Å²) in [6.45, 7) is 8.10. The van der Waals surface area contributed by atoms with Gasteiger partial charge < -0.3 is 19.5 Å². The number of nitrogens with zero attached hydrogens (tertiary/aromatic N) is 2. The highest BCUT2D eigenvalue weighted by atomic mass is 35.5. The largest absolute Gasteiger partial charge is 0.493 e. The molecule has 0 aliphatic carbocycles. The standard InChI is InChI=1S/C33H39ClN2O4/c1-5-21(2)40-31-20-29-25(18-30(31)39-4)19-32(38)36(33(29)24-6-10-26(34)11-7-24)27-12-8-23(9-13-27)22(3)35-16-14-28(37)15-17-35/h6-13,18,20-22,28,33,37H,5,14-17,19H2,1-4H3/t21-,22?,33?/m1/s1. The summed E-state index contributed by atoms with van der Waals surface area (Å²) in [4.78, 5) is 18.1. The van der Waals surface area contributed by atoms with Crippen LogP contribution in [0.5, 0.6) is 11.5 Å². The predicted octanol–water partition coefficient (Wildman–Crippen LogP) is 6.72. The molecule has 3 atom stereocenters. The molecule has 40 heavy (non-hydrogen) atoms. The molecule has 2 unspecified atom stereocenters. The zero-order valence-corrected chi connectivity index (χ0v) is 24.5. The number of amides is 1. The minimum atomic E-state index is -0.342. The summed E-state index contributed by atoms with van der Waals surface area (Å²) in [5.41, 5.74) is 4.97. The minimum Gasteiger partial charge on any atom is -0.493 e. The highest BCUT2D eigenvalue weighted by Crippen LogP contribution is 2.44. The average molecular weight is 563 g/mol. The van der Waals surface area contributed by atoms with Crippen molar-refractivity contribution >= 4 is 23.2 Å². The fraction of sp³-hybridized carbons (Fsp3) is 0.424. The minimum absolute atomic E-state index is 0.0240. The van der Waals surface area contributed by atoms with E-state index in [1.165, 1.54) is 5.56 Å². The second kappa shape index (κ2) is 12.2. The molecule has 0 saturated carbocycles. The summed E-state index contributed by atoms with van der Waals surface area (Å²) in [5, 5.41) is 10.6. The molecule has 3 aromatic rings. The number of fused-ring (bicyclic) bond motifs is 1. The predicted molar refractivity (Wildman–Crippen MR) is 160 cm³/mol. The molecule has 2 heterocycles. The SMILES string of the molecule is CC[C@@H](C)Oc1cc2c(cc1OC)CC(=O)N(c1ccc(C(C)N3CCC(O)CC3)cc1)C2c1ccc(Cl)cc1. The molecule has 0 spiro atoms. The molecule has 2 aliphatic heterocycles. The lowest BCUT2D eigenvalue weighted by molar-refractivity contribution is -0.118. The molecule has 1 amide bonds. The van der Waals surface area contributed by atoms with Gasteiger partial charge in [0.2, 0.25) is 5.91 Å². The maximum atomic E-state index is 13.8. The van der Waals surface area contributed by atoms with Gasteiger partial charge >= 0.3 is 0 Å². The molecule has 6 nitrogen and oxygen atoms in total. The second-order valence-corrected chi connectivity index (χ2v) is 11.4. The Labute approximate surface area is 242 Å². The third-order valence-corrected chi connectivity index (χ3v) is 8.63. The maximum absolute atomic E-state index is 13.8. The van der Waals surface area contributed by atoms with E-state index in [0.29, 0.717) is 16.5 Å². The Hall–Kier alpha value is -3.06. The van der Waals surface area contributed by atoms with Crippen molar-refractivity contribution in [1.82, 2.24) is 4.90 Å². The van der Waals surface area contributed by atoms with Gasteiger partial charge in [-0.3, -0.25) is 9.69 Å². The van der Waals surface area contributed by atoms with Gasteiger partial charge in [0.05, 0.1) is 31.8 Å². The molecule has 1 fully saturated rings. The molecule has 0 bridgehead atoms. The van der Waals surface area contributed by atoms with Gasteiger partial charge in [0.1, 0.15) is 0 Å². The van der Waals surface area contributed by atoms with Gasteiger partial charge in [-0.2, -0.15) is 0 Å². The summed E-state index contributed by atoms with van der Waals surface area (Å²) in [6, 6.07) is 20.0. The third kappa shape index (κ3) is 5.85. The topological polar surface area (TPSA) is 62.2 Å². The van der Waals surface area contributed by atoms with E-state index < -0.39 is 0 Å². The summed E-state index contributed by atoms with van der Waals surface area (Å²) in [6.07, 6.45) is 2.59. The van der Waals surface area contributed by atoms with Crippen molar-refractivity contribution in [2.24, 2.45) is 0 Å². The Morgan fingerprint density at radius 1 is 1.00 bits per heavy atom. The van der Waals surface area contributed by atoms with E-state index in [-0.39, 0.29) is 36.6 Å². The number of rotatable bonds is 8. The fourth-order valence-corrected chi connectivity index (χ4v) is 5.90. The van der Waals surface area contributed by atoms with E-state index in [1.54, 1.807) is 7.11 Å². The van der Waals surface area contributed by atoms with Gasteiger partial charge in [-0.15, -0.1) is 0 Å². The molecule has 3 aromatic carbocycles. The van der Waals surface area contributed by atoms with E-state index >= 15 is 0 Å². The summed E-state index contributed by atoms with van der Waals surface area (Å²) < 4.78 is 11.9. The first-order valence-electron chi connectivity index (χ1n) is 14.3. The number of ether oxygens (including phenoxy) is 2. The molecular weight excluding hydrogens is 524 g/mol. The summed E-state index contributed by atoms with van der Waals surface area (Å²) in [7, 11) is 1.63. The number of carbonyl (C=O) groups is 1. The fourth-order valence-electron chi connectivity index (χ4n) is 5.77. The van der Waals surface area contributed by atoms with Crippen molar-refractivity contribution in [1.29, 1.82) is 0 Å². The smallest absolute Gasteiger partial charge is 0.232 e. The van der Waals surface area contributed by atoms with Crippen molar-refractivity contribution in [3.63, 3.8) is 0 Å². The molecule has 212 valence electrons. The van der Waals surface area contributed by atoms with Crippen LogP contribution in [0.4, 0.5) is 5.69 Å². The molecule has 0 aromatic heterocycles. The number of halogens is 1. The third-order valence-electron chi connectivity index (χ3n) is 8.38. The quantitative estimate of drug-likeness (QED) is 0.330. The normalized spacial score (nSPS) is 19.7. The van der Waals surface area contributed by atoms with Gasteiger partial charge in [-0.1, -0.05) is 42.8 Å². The van der Waals surface area contributed by atoms with Crippen molar-refractivity contribution < 1.29 is 19.4 Å². The Morgan fingerprint density at radius 2 is 1.68 bits per heavy atom. The number of hydrogen-bond acceptors (Lipinski definition) is 5. The zero-order chi connectivity index (χ0) is 28.4. The van der Waals surface area contributed by atoms with Gasteiger partial charge in [0.15, 0.2) is 11.5 Å². The van der Waals surface area contributed by atoms with Crippen LogP contribution in [0.2, 0.25) is 5.02 Å². The number of hydrogen-bond donors (Lipinski definition) is 1. The van der Waals surface area contributed by atoms with Gasteiger partial charge in [-0.05, 0) is 91.8 Å². The number of methoxy groups -OCH3 is 1. The van der Waals surface area contributed by atoms with Crippen LogP contribution in [-0.2, 0) is 11.2 Å². The van der Waals surface area contributed by atoms with E-state index in [2.05, 4.69) is 43.0 Å². The van der Waals surface area contributed by atoms with Crippen LogP contribution in [0.15, 0.2) is 60.7 Å². The number of aliphatic hydroxyl groups excluding tert-OH is 1. The molecule has 7 heteroatoms. The van der Waals surface area contributed by atoms with Crippen LogP contribution in [0, 0.1) is 0 Å².